The van der Waals surface area contributed by atoms with Crippen LogP contribution < -0.4 is 15.4 Å². The molecule has 5 atom stereocenters. The highest BCUT2D eigenvalue weighted by atomic mass is 32.1. The van der Waals surface area contributed by atoms with Crippen molar-refractivity contribution in [1.82, 2.24) is 44.9 Å². The molecule has 0 spiro atoms. The van der Waals surface area contributed by atoms with Gasteiger partial charge in [0.2, 0.25) is 18.0 Å². The normalized spacial score (nSPS) is 19.8. The van der Waals surface area contributed by atoms with E-state index in [1.807, 2.05) is 52.0 Å². The molecular weight excluding hydrogens is 890 g/mol. The van der Waals surface area contributed by atoms with E-state index in [0.717, 1.165) is 46.3 Å². The molecular formula is C50H56FN9O7S. The maximum Gasteiger partial charge on any atom is 0.407 e. The minimum Gasteiger partial charge on any atom is -0.464 e. The Bertz CT molecular complexity index is 2910. The van der Waals surface area contributed by atoms with Gasteiger partial charge in [0.15, 0.2) is 0 Å². The van der Waals surface area contributed by atoms with E-state index in [9.17, 15) is 19.2 Å². The van der Waals surface area contributed by atoms with Gasteiger partial charge in [-0.3, -0.25) is 14.2 Å². The average molecular weight is 946 g/mol. The summed E-state index contributed by atoms with van der Waals surface area (Å²) in [5.74, 6) is 1.04. The van der Waals surface area contributed by atoms with Gasteiger partial charge in [-0.05, 0) is 98.7 Å². The number of hydrogen-bond acceptors (Lipinski definition) is 10. The largest absolute Gasteiger partial charge is 0.464 e. The predicted molar refractivity (Wildman–Crippen MR) is 253 cm³/mol. The van der Waals surface area contributed by atoms with Crippen molar-refractivity contribution in [2.24, 2.45) is 11.8 Å². The van der Waals surface area contributed by atoms with Crippen LogP contribution in [0.1, 0.15) is 112 Å². The Kier molecular flexibility index (Phi) is 12.0. The Labute approximate surface area is 396 Å². The third kappa shape index (κ3) is 8.25. The van der Waals surface area contributed by atoms with E-state index in [1.165, 1.54) is 38.0 Å². The number of H-pyrrole nitrogens is 2. The highest BCUT2D eigenvalue weighted by Gasteiger charge is 2.40. The molecule has 68 heavy (non-hydrogen) atoms. The molecule has 2 saturated heterocycles. The summed E-state index contributed by atoms with van der Waals surface area (Å²) in [6.45, 7) is 8.59. The first-order chi connectivity index (χ1) is 32.8. The van der Waals surface area contributed by atoms with Crippen LogP contribution in [0.5, 0.6) is 5.75 Å². The van der Waals surface area contributed by atoms with E-state index >= 15 is 4.39 Å². The first-order valence-electron chi connectivity index (χ1n) is 23.5. The van der Waals surface area contributed by atoms with E-state index in [-0.39, 0.29) is 35.7 Å². The second-order valence-electron chi connectivity index (χ2n) is 18.9. The number of fused-ring (bicyclic) bond motifs is 5. The Hall–Kier alpha value is -6.69. The number of thiophene rings is 1. The van der Waals surface area contributed by atoms with Crippen molar-refractivity contribution >= 4 is 46.2 Å². The maximum absolute atomic E-state index is 16.9. The van der Waals surface area contributed by atoms with Crippen LogP contribution in [0.4, 0.5) is 14.0 Å². The first kappa shape index (κ1) is 45.1. The topological polar surface area (TPSA) is 189 Å². The molecule has 18 heteroatoms. The monoisotopic (exact) mass is 945 g/mol. The van der Waals surface area contributed by atoms with Crippen LogP contribution in [0.3, 0.4) is 0 Å². The first-order valence-corrected chi connectivity index (χ1v) is 24.3. The fraction of sp³-hybridized carbons (Fsp3) is 0.440. The van der Waals surface area contributed by atoms with Crippen molar-refractivity contribution in [3.05, 3.63) is 88.1 Å². The third-order valence-electron chi connectivity index (χ3n) is 13.8. The summed E-state index contributed by atoms with van der Waals surface area (Å²) in [7, 11) is 2.55. The number of halogens is 1. The molecule has 2 aromatic carbocycles. The van der Waals surface area contributed by atoms with Gasteiger partial charge in [-0.25, -0.2) is 23.9 Å². The van der Waals surface area contributed by atoms with Crippen LogP contribution in [-0.2, 0) is 19.1 Å². The molecule has 4 aliphatic rings. The fourth-order valence-corrected chi connectivity index (χ4v) is 11.3. The Balaban J connectivity index is 0.963. The highest BCUT2D eigenvalue weighted by Crippen LogP contribution is 2.50. The minimum atomic E-state index is -0.768. The van der Waals surface area contributed by atoms with Gasteiger partial charge >= 0.3 is 12.2 Å². The average Bonchev–Trinajstić information content (AvgIpc) is 4.05. The number of ether oxygens (including phenoxy) is 3. The molecule has 356 valence electrons. The molecule has 1 aliphatic carbocycles. The van der Waals surface area contributed by atoms with Crippen LogP contribution >= 0.6 is 11.3 Å². The molecule has 10 rings (SSSR count). The number of rotatable bonds is 12. The second kappa shape index (κ2) is 18.1. The summed E-state index contributed by atoms with van der Waals surface area (Å²) in [6.07, 6.45) is 6.87. The Morgan fingerprint density at radius 3 is 1.88 bits per heavy atom. The molecule has 4 amide bonds. The second-order valence-corrected chi connectivity index (χ2v) is 20.1. The van der Waals surface area contributed by atoms with Gasteiger partial charge < -0.3 is 44.6 Å². The molecule has 0 bridgehead atoms. The molecule has 6 aromatic rings. The van der Waals surface area contributed by atoms with Gasteiger partial charge in [0.25, 0.3) is 0 Å². The number of nitrogens with one attached hydrogen (secondary N) is 4. The number of nitrogens with zero attached hydrogens (tertiary/aromatic N) is 5. The number of alkyl carbamates (subject to hydrolysis) is 2. The summed E-state index contributed by atoms with van der Waals surface area (Å²) in [4.78, 5) is 74.1. The van der Waals surface area contributed by atoms with Gasteiger partial charge in [0.1, 0.15) is 35.3 Å². The molecule has 7 heterocycles. The number of amides is 4. The smallest absolute Gasteiger partial charge is 0.407 e. The number of aromatic amines is 2. The number of imidazole rings is 2. The van der Waals surface area contributed by atoms with Crippen molar-refractivity contribution < 1.29 is 37.8 Å². The zero-order valence-electron chi connectivity index (χ0n) is 38.9. The predicted octanol–water partition coefficient (Wildman–Crippen LogP) is 9.19. The van der Waals surface area contributed by atoms with Crippen LogP contribution in [-0.4, -0.2) is 97.7 Å². The lowest BCUT2D eigenvalue weighted by Crippen LogP contribution is -2.51. The number of carbonyl (C=O) groups is 4. The number of likely N-dealkylation sites (tertiary alicyclic amines) is 2. The molecule has 3 fully saturated rings. The fourth-order valence-electron chi connectivity index (χ4n) is 10.1. The lowest BCUT2D eigenvalue weighted by Gasteiger charge is -2.30. The number of carbonyl (C=O) groups excluding carboxylic acids is 4. The van der Waals surface area contributed by atoms with E-state index in [1.54, 1.807) is 33.5 Å². The number of methoxy groups -OCH3 is 2. The lowest BCUT2D eigenvalue weighted by molar-refractivity contribution is -0.136. The Morgan fingerprint density at radius 1 is 0.750 bits per heavy atom. The lowest BCUT2D eigenvalue weighted by atomic mass is 10.0. The standard InChI is InChI=1S/C50H56FN9O7S/c1-25(2)42(56-49(63)65-5)46(61)58-17-7-9-35(58)44-52-23-32(54-44)28-13-14-34-30(19-28)21-37-41-31(51)20-29(22-38(41)67-48(60(34)37)40-16-15-39(68-40)27-11-12-27)33-24-53-45(55-33)36-10-8-18-59(36)47(62)43(26(3)4)57-50(64)66-6/h13-16,19-27,35-36,42-43,48H,7-12,17-18H2,1-6H3,(H,52,54)(H,53,55)(H,56,63)(H,57,64)/t35-,36-,42-,43-,48?/m0/s1. The molecule has 3 aliphatic heterocycles. The van der Waals surface area contributed by atoms with Crippen LogP contribution in [0.2, 0.25) is 0 Å². The van der Waals surface area contributed by atoms with E-state index in [0.29, 0.717) is 65.3 Å². The Morgan fingerprint density at radius 2 is 1.32 bits per heavy atom. The SMILES string of the molecule is COC(=O)N[C@H](C(=O)N1CCC[C@H]1c1ncc(-c2cc(F)c3c(c2)OC(c2ccc(C4CC4)s2)n2c-3cc3cc(-c4cnc([C@@H]5CCCN5C(=O)[C@@H](NC(=O)OC)C(C)C)[nH]4)ccc32)[nH]1)C(C)C. The van der Waals surface area contributed by atoms with Crippen LogP contribution in [0.25, 0.3) is 44.7 Å². The summed E-state index contributed by atoms with van der Waals surface area (Å²) < 4.78 is 35.5. The van der Waals surface area contributed by atoms with E-state index < -0.39 is 36.3 Å². The van der Waals surface area contributed by atoms with Gasteiger partial charge in [-0.2, -0.15) is 0 Å². The van der Waals surface area contributed by atoms with Gasteiger partial charge in [-0.15, -0.1) is 11.3 Å². The molecule has 4 N–H and O–H groups in total. The molecule has 0 radical (unpaired) electrons. The zero-order valence-corrected chi connectivity index (χ0v) is 39.7. The van der Waals surface area contributed by atoms with E-state index in [2.05, 4.69) is 43.4 Å². The molecule has 1 unspecified atom stereocenters. The van der Waals surface area contributed by atoms with E-state index in [4.69, 9.17) is 24.2 Å². The highest BCUT2D eigenvalue weighted by molar-refractivity contribution is 7.12. The summed E-state index contributed by atoms with van der Waals surface area (Å²) in [6, 6.07) is 13.6. The molecule has 4 aromatic heterocycles. The van der Waals surface area contributed by atoms with Crippen molar-refractivity contribution in [3.8, 4) is 39.5 Å². The van der Waals surface area contributed by atoms with Gasteiger partial charge in [0, 0.05) is 34.5 Å². The van der Waals surface area contributed by atoms with Gasteiger partial charge in [-0.1, -0.05) is 33.8 Å². The number of hydrogen-bond donors (Lipinski definition) is 4. The number of benzene rings is 2. The van der Waals surface area contributed by atoms with Gasteiger partial charge in [0.05, 0.1) is 71.7 Å². The van der Waals surface area contributed by atoms with Crippen molar-refractivity contribution in [3.63, 3.8) is 0 Å². The minimum absolute atomic E-state index is 0.149. The molecule has 16 nitrogen and oxygen atoms in total. The summed E-state index contributed by atoms with van der Waals surface area (Å²) in [5, 5.41) is 6.29. The quantitative estimate of drug-likeness (QED) is 0.0927. The maximum atomic E-state index is 16.9. The van der Waals surface area contributed by atoms with Crippen LogP contribution in [0, 0.1) is 17.7 Å². The van der Waals surface area contributed by atoms with Crippen molar-refractivity contribution in [1.29, 1.82) is 0 Å². The zero-order chi connectivity index (χ0) is 47.5. The molecule has 1 saturated carbocycles. The van der Waals surface area contributed by atoms with Crippen LogP contribution in [0.15, 0.2) is 60.9 Å². The van der Waals surface area contributed by atoms with Crippen molar-refractivity contribution in [2.45, 2.75) is 103 Å². The summed E-state index contributed by atoms with van der Waals surface area (Å²) in [5.41, 5.74) is 4.70. The summed E-state index contributed by atoms with van der Waals surface area (Å²) >= 11 is 1.73. The number of aromatic nitrogens is 5. The third-order valence-corrected chi connectivity index (χ3v) is 15.1. The van der Waals surface area contributed by atoms with Crippen molar-refractivity contribution in [2.75, 3.05) is 27.3 Å².